The summed E-state index contributed by atoms with van der Waals surface area (Å²) in [6.45, 7) is 5.67. The molecule has 0 radical (unpaired) electrons. The summed E-state index contributed by atoms with van der Waals surface area (Å²) in [4.78, 5) is 35.1. The van der Waals surface area contributed by atoms with E-state index in [-0.39, 0.29) is 19.6 Å². The third-order valence-electron chi connectivity index (χ3n) is 2.54. The lowest BCUT2D eigenvalue weighted by Crippen LogP contribution is -2.47. The normalized spacial score (nSPS) is 11.5. The first-order valence-electron chi connectivity index (χ1n) is 6.37. The van der Waals surface area contributed by atoms with Crippen LogP contribution in [0.1, 0.15) is 33.6 Å². The third-order valence-corrected chi connectivity index (χ3v) is 2.54. The molecule has 0 rings (SSSR count). The second-order valence-corrected chi connectivity index (χ2v) is 3.97. The maximum Gasteiger partial charge on any atom is 0.325 e. The first kappa shape index (κ1) is 17.2. The van der Waals surface area contributed by atoms with Crippen LogP contribution in [-0.4, -0.2) is 53.7 Å². The fourth-order valence-corrected chi connectivity index (χ4v) is 1.46. The maximum absolute atomic E-state index is 11.9. The van der Waals surface area contributed by atoms with Crippen molar-refractivity contribution in [1.29, 1.82) is 0 Å². The lowest BCUT2D eigenvalue weighted by atomic mass is 10.1. The molecule has 0 aromatic rings. The molecule has 0 bridgehead atoms. The highest BCUT2D eigenvalue weighted by atomic mass is 16.5. The molecular weight excluding hydrogens is 252 g/mol. The number of urea groups is 1. The molecule has 0 heterocycles. The third kappa shape index (κ3) is 7.28. The van der Waals surface area contributed by atoms with Crippen molar-refractivity contribution >= 4 is 18.0 Å². The highest BCUT2D eigenvalue weighted by molar-refractivity contribution is 5.81. The molecule has 0 fully saturated rings. The monoisotopic (exact) mass is 274 g/mol. The van der Waals surface area contributed by atoms with Gasteiger partial charge in [0.25, 0.3) is 0 Å². The summed E-state index contributed by atoms with van der Waals surface area (Å²) in [5.74, 6) is -1.45. The number of amides is 2. The molecule has 0 aromatic carbocycles. The fourth-order valence-electron chi connectivity index (χ4n) is 1.46. The van der Waals surface area contributed by atoms with Gasteiger partial charge in [0, 0.05) is 12.6 Å². The van der Waals surface area contributed by atoms with E-state index < -0.39 is 24.0 Å². The second kappa shape index (κ2) is 9.18. The summed E-state index contributed by atoms with van der Waals surface area (Å²) in [6.07, 6.45) is 0.369. The molecule has 1 atom stereocenters. The number of aliphatic carboxylic acids is 1. The topological polar surface area (TPSA) is 95.9 Å². The SMILES string of the molecule is CCOC(=O)CN(CC)C(=O)NC(CC)CC(=O)O. The lowest BCUT2D eigenvalue weighted by Gasteiger charge is -2.23. The Kier molecular flexibility index (Phi) is 8.32. The number of nitrogens with zero attached hydrogens (tertiary/aromatic N) is 1. The molecule has 0 saturated heterocycles. The zero-order valence-electron chi connectivity index (χ0n) is 11.6. The largest absolute Gasteiger partial charge is 0.481 e. The van der Waals surface area contributed by atoms with Crippen molar-refractivity contribution in [2.24, 2.45) is 0 Å². The maximum atomic E-state index is 11.9. The smallest absolute Gasteiger partial charge is 0.325 e. The number of ether oxygens (including phenoxy) is 1. The van der Waals surface area contributed by atoms with Crippen molar-refractivity contribution in [3.8, 4) is 0 Å². The Labute approximate surface area is 112 Å². The molecule has 2 N–H and O–H groups in total. The van der Waals surface area contributed by atoms with E-state index in [2.05, 4.69) is 5.32 Å². The van der Waals surface area contributed by atoms with Crippen LogP contribution >= 0.6 is 0 Å². The van der Waals surface area contributed by atoms with Crippen molar-refractivity contribution in [3.63, 3.8) is 0 Å². The first-order chi connectivity index (χ1) is 8.94. The van der Waals surface area contributed by atoms with Gasteiger partial charge in [0.2, 0.25) is 0 Å². The van der Waals surface area contributed by atoms with E-state index in [1.165, 1.54) is 4.90 Å². The van der Waals surface area contributed by atoms with E-state index in [9.17, 15) is 14.4 Å². The molecule has 0 aromatic heterocycles. The molecule has 0 spiro atoms. The van der Waals surface area contributed by atoms with Crippen molar-refractivity contribution in [2.45, 2.75) is 39.7 Å². The molecule has 0 saturated carbocycles. The number of carboxylic acids is 1. The standard InChI is InChI=1S/C12H22N2O5/c1-4-9(7-10(15)16)13-12(18)14(5-2)8-11(17)19-6-3/h9H,4-8H2,1-3H3,(H,13,18)(H,15,16). The van der Waals surface area contributed by atoms with Gasteiger partial charge in [0.1, 0.15) is 6.54 Å². The van der Waals surface area contributed by atoms with Crippen LogP contribution in [0.4, 0.5) is 4.79 Å². The Balaban J connectivity index is 4.40. The van der Waals surface area contributed by atoms with E-state index in [1.807, 2.05) is 0 Å². The van der Waals surface area contributed by atoms with Crippen molar-refractivity contribution in [2.75, 3.05) is 19.7 Å². The molecule has 1 unspecified atom stereocenters. The van der Waals surface area contributed by atoms with Gasteiger partial charge >= 0.3 is 18.0 Å². The molecule has 7 nitrogen and oxygen atoms in total. The number of likely N-dealkylation sites (N-methyl/N-ethyl adjacent to an activating group) is 1. The van der Waals surface area contributed by atoms with Crippen LogP contribution in [0.5, 0.6) is 0 Å². The van der Waals surface area contributed by atoms with Crippen LogP contribution < -0.4 is 5.32 Å². The van der Waals surface area contributed by atoms with E-state index in [4.69, 9.17) is 9.84 Å². The Morgan fingerprint density at radius 2 is 1.89 bits per heavy atom. The number of rotatable bonds is 8. The molecule has 0 aliphatic rings. The van der Waals surface area contributed by atoms with Gasteiger partial charge in [0.05, 0.1) is 13.0 Å². The average molecular weight is 274 g/mol. The van der Waals surface area contributed by atoms with E-state index in [0.717, 1.165) is 0 Å². The van der Waals surface area contributed by atoms with Crippen LogP contribution in [0.25, 0.3) is 0 Å². The van der Waals surface area contributed by atoms with Gasteiger partial charge < -0.3 is 20.1 Å². The fraction of sp³-hybridized carbons (Fsp3) is 0.750. The van der Waals surface area contributed by atoms with Gasteiger partial charge in [-0.15, -0.1) is 0 Å². The lowest BCUT2D eigenvalue weighted by molar-refractivity contribution is -0.144. The Morgan fingerprint density at radius 1 is 1.26 bits per heavy atom. The van der Waals surface area contributed by atoms with Crippen LogP contribution in [0.3, 0.4) is 0 Å². The summed E-state index contributed by atoms with van der Waals surface area (Å²) in [5, 5.41) is 11.3. The van der Waals surface area contributed by atoms with Crippen molar-refractivity contribution in [3.05, 3.63) is 0 Å². The predicted octanol–water partition coefficient (Wildman–Crippen LogP) is 0.834. The summed E-state index contributed by atoms with van der Waals surface area (Å²) < 4.78 is 4.77. The van der Waals surface area contributed by atoms with Gasteiger partial charge in [-0.05, 0) is 20.3 Å². The zero-order chi connectivity index (χ0) is 14.8. The molecule has 2 amide bonds. The Hall–Kier alpha value is -1.79. The van der Waals surface area contributed by atoms with Crippen LogP contribution in [0.15, 0.2) is 0 Å². The number of carbonyl (C=O) groups excluding carboxylic acids is 2. The summed E-state index contributed by atoms with van der Waals surface area (Å²) >= 11 is 0. The molecular formula is C12H22N2O5. The number of esters is 1. The molecule has 0 aliphatic heterocycles. The minimum Gasteiger partial charge on any atom is -0.481 e. The molecule has 0 aliphatic carbocycles. The first-order valence-corrected chi connectivity index (χ1v) is 6.37. The van der Waals surface area contributed by atoms with Crippen LogP contribution in [-0.2, 0) is 14.3 Å². The van der Waals surface area contributed by atoms with Crippen LogP contribution in [0.2, 0.25) is 0 Å². The van der Waals surface area contributed by atoms with Crippen molar-refractivity contribution in [1.82, 2.24) is 10.2 Å². The Morgan fingerprint density at radius 3 is 2.32 bits per heavy atom. The zero-order valence-corrected chi connectivity index (χ0v) is 11.6. The highest BCUT2D eigenvalue weighted by Crippen LogP contribution is 2.00. The van der Waals surface area contributed by atoms with E-state index >= 15 is 0 Å². The van der Waals surface area contributed by atoms with Crippen LogP contribution in [0, 0.1) is 0 Å². The number of hydrogen-bond donors (Lipinski definition) is 2. The number of hydrogen-bond acceptors (Lipinski definition) is 4. The van der Waals surface area contributed by atoms with E-state index in [0.29, 0.717) is 13.0 Å². The summed E-state index contributed by atoms with van der Waals surface area (Å²) in [7, 11) is 0. The average Bonchev–Trinajstić information content (AvgIpc) is 2.34. The number of carboxylic acid groups (broad SMARTS) is 1. The van der Waals surface area contributed by atoms with E-state index in [1.54, 1.807) is 20.8 Å². The summed E-state index contributed by atoms with van der Waals surface area (Å²) in [6, 6.07) is -0.898. The van der Waals surface area contributed by atoms with Gasteiger partial charge in [-0.25, -0.2) is 4.79 Å². The molecule has 19 heavy (non-hydrogen) atoms. The minimum absolute atomic E-state index is 0.139. The number of carbonyl (C=O) groups is 3. The highest BCUT2D eigenvalue weighted by Gasteiger charge is 2.20. The van der Waals surface area contributed by atoms with Gasteiger partial charge in [-0.1, -0.05) is 6.92 Å². The quantitative estimate of drug-likeness (QED) is 0.639. The minimum atomic E-state index is -0.972. The Bertz CT molecular complexity index is 319. The van der Waals surface area contributed by atoms with Gasteiger partial charge in [-0.3, -0.25) is 9.59 Å². The molecule has 7 heteroatoms. The summed E-state index contributed by atoms with van der Waals surface area (Å²) in [5.41, 5.74) is 0. The van der Waals surface area contributed by atoms with Crippen molar-refractivity contribution < 1.29 is 24.2 Å². The van der Waals surface area contributed by atoms with Gasteiger partial charge in [0.15, 0.2) is 0 Å². The second-order valence-electron chi connectivity index (χ2n) is 3.97. The van der Waals surface area contributed by atoms with Gasteiger partial charge in [-0.2, -0.15) is 0 Å². The number of nitrogens with one attached hydrogen (secondary N) is 1. The molecule has 110 valence electrons. The predicted molar refractivity (Wildman–Crippen MR) is 68.7 cm³/mol.